The van der Waals surface area contributed by atoms with Gasteiger partial charge in [-0.1, -0.05) is 44.5 Å². The molecule has 58 heavy (non-hydrogen) atoms. The lowest BCUT2D eigenvalue weighted by molar-refractivity contribution is -0.132. The minimum Gasteiger partial charge on any atom is -0.377 e. The Bertz CT molecular complexity index is 1790. The molecular formula is C39H64N10O8S. The summed E-state index contributed by atoms with van der Waals surface area (Å²) < 4.78 is 28.9. The second-order valence-corrected chi connectivity index (χ2v) is 16.2. The highest BCUT2D eigenvalue weighted by atomic mass is 32.2. The van der Waals surface area contributed by atoms with Crippen LogP contribution in [0.3, 0.4) is 0 Å². The minimum absolute atomic E-state index is 0.0841. The molecule has 2 aromatic rings. The van der Waals surface area contributed by atoms with Crippen LogP contribution >= 0.6 is 0 Å². The van der Waals surface area contributed by atoms with E-state index in [9.17, 15) is 37.2 Å². The molecule has 18 nitrogen and oxygen atoms in total. The molecule has 0 heterocycles. The Morgan fingerprint density at radius 1 is 0.690 bits per heavy atom. The van der Waals surface area contributed by atoms with Crippen molar-refractivity contribution in [2.45, 2.75) is 95.2 Å². The Kier molecular flexibility index (Phi) is 21.7. The predicted octanol–water partition coefficient (Wildman–Crippen LogP) is -0.299. The standard InChI is InChI=1S/C39H64N10O8S/c1-6-26(2)27(3)46-36(52)24-43-38(54)30(15-7-8-20-40)48-37(53)25-44-39(55)31(47-35(51)23-41)18-19-34(50)42-21-9-10-22-45-58(56,57)33-17-12-13-28-29(33)14-11-16-32(28)49(4)5/h11-14,16-17,26-27,30-31,45H,6-10,15,18-25,40-41H2,1-5H3,(H,42,50)(H,43,54)(H,44,55)(H,46,52)(H,47,51)(H,48,53). The number of nitrogens with two attached hydrogens (primary N) is 2. The zero-order valence-corrected chi connectivity index (χ0v) is 35.3. The fourth-order valence-corrected chi connectivity index (χ4v) is 7.22. The predicted molar refractivity (Wildman–Crippen MR) is 224 cm³/mol. The van der Waals surface area contributed by atoms with Gasteiger partial charge in [0.1, 0.15) is 12.1 Å². The summed E-state index contributed by atoms with van der Waals surface area (Å²) in [5.41, 5.74) is 11.9. The van der Waals surface area contributed by atoms with E-state index >= 15 is 0 Å². The van der Waals surface area contributed by atoms with Crippen LogP contribution in [0.4, 0.5) is 5.69 Å². The van der Waals surface area contributed by atoms with E-state index in [1.165, 1.54) is 0 Å². The molecule has 0 saturated heterocycles. The molecule has 0 radical (unpaired) electrons. The van der Waals surface area contributed by atoms with Gasteiger partial charge in [0.05, 0.1) is 24.5 Å². The molecule has 0 spiro atoms. The molecule has 0 aromatic heterocycles. The lowest BCUT2D eigenvalue weighted by atomic mass is 10.0. The number of anilines is 1. The molecule has 0 aliphatic heterocycles. The van der Waals surface area contributed by atoms with E-state index in [0.717, 1.165) is 17.5 Å². The second kappa shape index (κ2) is 25.5. The van der Waals surface area contributed by atoms with Crippen LogP contribution in [0.15, 0.2) is 41.3 Å². The highest BCUT2D eigenvalue weighted by molar-refractivity contribution is 7.89. The lowest BCUT2D eigenvalue weighted by Gasteiger charge is -2.22. The maximum Gasteiger partial charge on any atom is 0.243 e. The first-order chi connectivity index (χ1) is 27.5. The van der Waals surface area contributed by atoms with Crippen molar-refractivity contribution in [1.82, 2.24) is 36.6 Å². The Balaban J connectivity index is 1.85. The number of carbonyl (C=O) groups is 6. The number of hydrogen-bond acceptors (Lipinski definition) is 11. The fourth-order valence-electron chi connectivity index (χ4n) is 5.93. The van der Waals surface area contributed by atoms with Crippen molar-refractivity contribution in [2.75, 3.05) is 58.3 Å². The average molecular weight is 833 g/mol. The highest BCUT2D eigenvalue weighted by Gasteiger charge is 2.25. The van der Waals surface area contributed by atoms with Crippen molar-refractivity contribution in [3.8, 4) is 0 Å². The summed E-state index contributed by atoms with van der Waals surface area (Å²) in [6.45, 7) is 5.47. The summed E-state index contributed by atoms with van der Waals surface area (Å²) in [5, 5.41) is 17.0. The summed E-state index contributed by atoms with van der Waals surface area (Å²) in [6.07, 6.45) is 2.90. The first-order valence-electron chi connectivity index (χ1n) is 19.8. The third-order valence-corrected chi connectivity index (χ3v) is 11.2. The second-order valence-electron chi connectivity index (χ2n) is 14.4. The van der Waals surface area contributed by atoms with Gasteiger partial charge in [-0.05, 0) is 70.0 Å². The van der Waals surface area contributed by atoms with Crippen LogP contribution in [0.25, 0.3) is 10.8 Å². The Labute approximate surface area is 342 Å². The topological polar surface area (TPSA) is 276 Å². The number of sulfonamides is 1. The van der Waals surface area contributed by atoms with E-state index in [2.05, 4.69) is 36.6 Å². The number of hydrogen-bond donors (Lipinski definition) is 9. The van der Waals surface area contributed by atoms with Crippen molar-refractivity contribution in [3.05, 3.63) is 36.4 Å². The maximum absolute atomic E-state index is 13.2. The molecule has 0 aliphatic carbocycles. The Hall–Kier alpha value is -4.85. The SMILES string of the molecule is CCC(C)C(C)NC(=O)CNC(=O)C(CCCCN)NC(=O)CNC(=O)C(CCC(=O)NCCCCNS(=O)(=O)c1cccc2c(N(C)C)cccc12)NC(=O)CN. The molecule has 324 valence electrons. The zero-order valence-electron chi connectivity index (χ0n) is 34.4. The van der Waals surface area contributed by atoms with Crippen molar-refractivity contribution in [3.63, 3.8) is 0 Å². The van der Waals surface area contributed by atoms with E-state index in [1.54, 1.807) is 18.2 Å². The molecule has 11 N–H and O–H groups in total. The van der Waals surface area contributed by atoms with Crippen LogP contribution in [0, 0.1) is 5.92 Å². The van der Waals surface area contributed by atoms with Gasteiger partial charge in [0.2, 0.25) is 45.5 Å². The van der Waals surface area contributed by atoms with Crippen molar-refractivity contribution >= 4 is 61.9 Å². The molecule has 4 atom stereocenters. The highest BCUT2D eigenvalue weighted by Crippen LogP contribution is 2.30. The van der Waals surface area contributed by atoms with E-state index < -0.39 is 64.7 Å². The summed E-state index contributed by atoms with van der Waals surface area (Å²) >= 11 is 0. The number of unbranched alkanes of at least 4 members (excludes halogenated alkanes) is 2. The molecule has 0 aliphatic rings. The fraction of sp³-hybridized carbons (Fsp3) is 0.590. The maximum atomic E-state index is 13.2. The molecule has 19 heteroatoms. The minimum atomic E-state index is -3.81. The van der Waals surface area contributed by atoms with Gasteiger partial charge in [-0.3, -0.25) is 28.8 Å². The molecule has 2 aromatic carbocycles. The quantitative estimate of drug-likeness (QED) is 0.0528. The molecule has 0 fully saturated rings. The van der Waals surface area contributed by atoms with E-state index in [1.807, 2.05) is 58.0 Å². The molecular weight excluding hydrogens is 769 g/mol. The Morgan fingerprint density at radius 2 is 1.28 bits per heavy atom. The van der Waals surface area contributed by atoms with Crippen molar-refractivity contribution in [1.29, 1.82) is 0 Å². The van der Waals surface area contributed by atoms with Crippen LogP contribution in [0.1, 0.15) is 72.1 Å². The normalized spacial score (nSPS) is 13.4. The van der Waals surface area contributed by atoms with Crippen molar-refractivity contribution in [2.24, 2.45) is 17.4 Å². The summed E-state index contributed by atoms with van der Waals surface area (Å²) in [6, 6.07) is 8.38. The summed E-state index contributed by atoms with van der Waals surface area (Å²) in [7, 11) is -0.0258. The third kappa shape index (κ3) is 16.9. The average Bonchev–Trinajstić information content (AvgIpc) is 3.20. The number of nitrogens with zero attached hydrogens (tertiary/aromatic N) is 1. The number of amides is 6. The molecule has 2 rings (SSSR count). The van der Waals surface area contributed by atoms with E-state index in [4.69, 9.17) is 11.5 Å². The zero-order chi connectivity index (χ0) is 43.3. The smallest absolute Gasteiger partial charge is 0.243 e. The van der Waals surface area contributed by atoms with Gasteiger partial charge in [0.25, 0.3) is 0 Å². The van der Waals surface area contributed by atoms with Gasteiger partial charge in [0, 0.05) is 56.1 Å². The largest absolute Gasteiger partial charge is 0.377 e. The van der Waals surface area contributed by atoms with E-state index in [0.29, 0.717) is 37.6 Å². The van der Waals surface area contributed by atoms with Gasteiger partial charge in [-0.15, -0.1) is 0 Å². The van der Waals surface area contributed by atoms with Gasteiger partial charge in [-0.25, -0.2) is 13.1 Å². The van der Waals surface area contributed by atoms with Crippen LogP contribution < -0.4 is 53.0 Å². The summed E-state index contributed by atoms with van der Waals surface area (Å²) in [5.74, 6) is -3.15. The Morgan fingerprint density at radius 3 is 1.90 bits per heavy atom. The van der Waals surface area contributed by atoms with Crippen LogP contribution in [-0.2, 0) is 38.8 Å². The van der Waals surface area contributed by atoms with Crippen LogP contribution in [-0.4, -0.2) is 115 Å². The van der Waals surface area contributed by atoms with Gasteiger partial charge < -0.3 is 48.3 Å². The lowest BCUT2D eigenvalue weighted by Crippen LogP contribution is -2.53. The van der Waals surface area contributed by atoms with E-state index in [-0.39, 0.29) is 61.7 Å². The third-order valence-electron chi connectivity index (χ3n) is 9.68. The van der Waals surface area contributed by atoms with Crippen molar-refractivity contribution < 1.29 is 37.2 Å². The van der Waals surface area contributed by atoms with Crippen LogP contribution in [0.2, 0.25) is 0 Å². The summed E-state index contributed by atoms with van der Waals surface area (Å²) in [4.78, 5) is 78.0. The first-order valence-corrected chi connectivity index (χ1v) is 21.3. The number of benzene rings is 2. The molecule has 6 amide bonds. The van der Waals surface area contributed by atoms with Gasteiger partial charge >= 0.3 is 0 Å². The number of carbonyl (C=O) groups excluding carboxylic acids is 6. The van der Waals surface area contributed by atoms with Gasteiger partial charge in [-0.2, -0.15) is 0 Å². The number of nitrogens with one attached hydrogen (secondary N) is 7. The molecule has 0 bridgehead atoms. The van der Waals surface area contributed by atoms with Crippen LogP contribution in [0.5, 0.6) is 0 Å². The molecule has 4 unspecified atom stereocenters. The first kappa shape index (κ1) is 49.3. The number of fused-ring (bicyclic) bond motifs is 1. The monoisotopic (exact) mass is 832 g/mol. The molecule has 0 saturated carbocycles. The number of rotatable bonds is 27. The van der Waals surface area contributed by atoms with Gasteiger partial charge in [0.15, 0.2) is 0 Å².